The first-order valence-electron chi connectivity index (χ1n) is 11.2. The highest BCUT2D eigenvalue weighted by molar-refractivity contribution is 7.91. The lowest BCUT2D eigenvalue weighted by molar-refractivity contribution is -0.149. The molecule has 1 saturated heterocycles. The average molecular weight is 468 g/mol. The number of esters is 1. The van der Waals surface area contributed by atoms with Crippen molar-refractivity contribution in [2.45, 2.75) is 36.1 Å². The summed E-state index contributed by atoms with van der Waals surface area (Å²) >= 11 is 0. The molecule has 0 amide bonds. The van der Waals surface area contributed by atoms with Crippen LogP contribution < -0.4 is 4.74 Å². The molecule has 0 aliphatic carbocycles. The molecule has 1 aliphatic heterocycles. The lowest BCUT2D eigenvalue weighted by Gasteiger charge is -2.31. The van der Waals surface area contributed by atoms with E-state index in [1.54, 1.807) is 37.4 Å². The number of carbonyl (C=O) groups is 1. The summed E-state index contributed by atoms with van der Waals surface area (Å²) < 4.78 is 37.1. The van der Waals surface area contributed by atoms with Gasteiger partial charge in [0, 0.05) is 11.9 Å². The molecule has 0 aromatic heterocycles. The van der Waals surface area contributed by atoms with Gasteiger partial charge in [-0.15, -0.1) is 0 Å². The standard InChI is InChI=1S/C26H29NO5S/c1-3-32-26(28)19-14-16-27(17-15-19)18-20-8-13-25(24-7-5-4-6-23(20)24)33(29,30)22-11-9-21(31-2)10-12-22/h4-13,19H,3,14-18H2,1-2H3. The van der Waals surface area contributed by atoms with Gasteiger partial charge in [0.25, 0.3) is 0 Å². The van der Waals surface area contributed by atoms with Gasteiger partial charge in [0.15, 0.2) is 0 Å². The van der Waals surface area contributed by atoms with Crippen molar-refractivity contribution in [2.75, 3.05) is 26.8 Å². The molecule has 0 radical (unpaired) electrons. The van der Waals surface area contributed by atoms with Crippen LogP contribution in [-0.2, 0) is 25.9 Å². The van der Waals surface area contributed by atoms with Gasteiger partial charge in [0.05, 0.1) is 29.4 Å². The van der Waals surface area contributed by atoms with Gasteiger partial charge in [-0.1, -0.05) is 30.3 Å². The Kier molecular flexibility index (Phi) is 7.00. The summed E-state index contributed by atoms with van der Waals surface area (Å²) in [7, 11) is -2.13. The average Bonchev–Trinajstić information content (AvgIpc) is 2.84. The van der Waals surface area contributed by atoms with Gasteiger partial charge in [0.2, 0.25) is 9.84 Å². The largest absolute Gasteiger partial charge is 0.497 e. The van der Waals surface area contributed by atoms with Crippen molar-refractivity contribution < 1.29 is 22.7 Å². The maximum absolute atomic E-state index is 13.4. The Hall–Kier alpha value is -2.90. The fraction of sp³-hybridized carbons (Fsp3) is 0.346. The molecule has 4 rings (SSSR count). The molecule has 33 heavy (non-hydrogen) atoms. The van der Waals surface area contributed by atoms with E-state index < -0.39 is 9.84 Å². The molecule has 0 N–H and O–H groups in total. The number of hydrogen-bond donors (Lipinski definition) is 0. The normalized spacial score (nSPS) is 15.5. The Labute approximate surface area is 195 Å². The third-order valence-corrected chi connectivity index (χ3v) is 8.06. The third-order valence-electron chi connectivity index (χ3n) is 6.24. The molecule has 1 aliphatic rings. The quantitative estimate of drug-likeness (QED) is 0.478. The highest BCUT2D eigenvalue weighted by Crippen LogP contribution is 2.32. The predicted octanol–water partition coefficient (Wildman–Crippen LogP) is 4.46. The minimum Gasteiger partial charge on any atom is -0.497 e. The van der Waals surface area contributed by atoms with Crippen LogP contribution in [0.1, 0.15) is 25.3 Å². The van der Waals surface area contributed by atoms with Crippen LogP contribution in [0.4, 0.5) is 0 Å². The molecule has 1 heterocycles. The Morgan fingerprint density at radius 3 is 2.27 bits per heavy atom. The minimum absolute atomic E-state index is 0.0324. The number of nitrogens with zero attached hydrogens (tertiary/aromatic N) is 1. The molecular weight excluding hydrogens is 438 g/mol. The first-order chi connectivity index (χ1) is 15.9. The van der Waals surface area contributed by atoms with E-state index >= 15 is 0 Å². The minimum atomic E-state index is -3.68. The summed E-state index contributed by atoms with van der Waals surface area (Å²) in [6.07, 6.45) is 1.56. The van der Waals surface area contributed by atoms with Crippen molar-refractivity contribution in [2.24, 2.45) is 5.92 Å². The van der Waals surface area contributed by atoms with E-state index in [9.17, 15) is 13.2 Å². The number of fused-ring (bicyclic) bond motifs is 1. The number of benzene rings is 3. The molecule has 0 saturated carbocycles. The van der Waals surface area contributed by atoms with E-state index in [-0.39, 0.29) is 16.8 Å². The molecular formula is C26H29NO5S. The summed E-state index contributed by atoms with van der Waals surface area (Å²) in [6.45, 7) is 4.57. The Bertz CT molecular complexity index is 1230. The molecule has 3 aromatic rings. The lowest BCUT2D eigenvalue weighted by atomic mass is 9.96. The van der Waals surface area contributed by atoms with Crippen molar-refractivity contribution in [3.63, 3.8) is 0 Å². The van der Waals surface area contributed by atoms with Crippen LogP contribution in [0.5, 0.6) is 5.75 Å². The molecule has 3 aromatic carbocycles. The summed E-state index contributed by atoms with van der Waals surface area (Å²) in [5, 5.41) is 1.65. The zero-order valence-electron chi connectivity index (χ0n) is 19.0. The second-order valence-corrected chi connectivity index (χ2v) is 10.2. The first-order valence-corrected chi connectivity index (χ1v) is 12.7. The summed E-state index contributed by atoms with van der Waals surface area (Å²) in [4.78, 5) is 14.9. The van der Waals surface area contributed by atoms with Crippen molar-refractivity contribution in [3.8, 4) is 5.75 Å². The van der Waals surface area contributed by atoms with E-state index in [4.69, 9.17) is 9.47 Å². The van der Waals surface area contributed by atoms with Crippen molar-refractivity contribution in [3.05, 3.63) is 66.2 Å². The number of rotatable bonds is 7. The van der Waals surface area contributed by atoms with E-state index in [0.717, 1.165) is 36.9 Å². The monoisotopic (exact) mass is 467 g/mol. The number of hydrogen-bond acceptors (Lipinski definition) is 6. The molecule has 0 atom stereocenters. The Morgan fingerprint density at radius 1 is 0.970 bits per heavy atom. The predicted molar refractivity (Wildman–Crippen MR) is 127 cm³/mol. The van der Waals surface area contributed by atoms with E-state index in [2.05, 4.69) is 4.90 Å². The Morgan fingerprint density at radius 2 is 1.64 bits per heavy atom. The first kappa shape index (κ1) is 23.3. The van der Waals surface area contributed by atoms with E-state index in [0.29, 0.717) is 29.2 Å². The number of carbonyl (C=O) groups excluding carboxylic acids is 1. The highest BCUT2D eigenvalue weighted by Gasteiger charge is 2.27. The second-order valence-electron chi connectivity index (χ2n) is 8.25. The molecule has 1 fully saturated rings. The zero-order chi connectivity index (χ0) is 23.4. The van der Waals surface area contributed by atoms with Gasteiger partial charge in [-0.3, -0.25) is 9.69 Å². The van der Waals surface area contributed by atoms with Crippen molar-refractivity contribution in [1.82, 2.24) is 4.90 Å². The molecule has 6 nitrogen and oxygen atoms in total. The molecule has 0 bridgehead atoms. The van der Waals surface area contributed by atoms with Crippen LogP contribution in [0.3, 0.4) is 0 Å². The number of ether oxygens (including phenoxy) is 2. The SMILES string of the molecule is CCOC(=O)C1CCN(Cc2ccc(S(=O)(=O)c3ccc(OC)cc3)c3ccccc23)CC1. The van der Waals surface area contributed by atoms with Crippen LogP contribution in [0.25, 0.3) is 10.8 Å². The lowest BCUT2D eigenvalue weighted by Crippen LogP contribution is -2.36. The maximum Gasteiger partial charge on any atom is 0.309 e. The van der Waals surface area contributed by atoms with Crippen LogP contribution in [0, 0.1) is 5.92 Å². The summed E-state index contributed by atoms with van der Waals surface area (Å²) in [6, 6.07) is 17.7. The summed E-state index contributed by atoms with van der Waals surface area (Å²) in [5.41, 5.74) is 1.08. The second kappa shape index (κ2) is 9.93. The third kappa shape index (κ3) is 4.89. The van der Waals surface area contributed by atoms with Gasteiger partial charge in [-0.05, 0) is 74.1 Å². The van der Waals surface area contributed by atoms with Crippen LogP contribution in [-0.4, -0.2) is 46.1 Å². The zero-order valence-corrected chi connectivity index (χ0v) is 19.8. The maximum atomic E-state index is 13.4. The van der Waals surface area contributed by atoms with Gasteiger partial charge in [-0.25, -0.2) is 8.42 Å². The van der Waals surface area contributed by atoms with Gasteiger partial charge < -0.3 is 9.47 Å². The number of sulfone groups is 1. The molecule has 0 unspecified atom stereocenters. The number of likely N-dealkylation sites (tertiary alicyclic amines) is 1. The van der Waals surface area contributed by atoms with E-state index in [1.807, 2.05) is 37.3 Å². The Balaban J connectivity index is 1.59. The molecule has 0 spiro atoms. The molecule has 174 valence electrons. The fourth-order valence-corrected chi connectivity index (χ4v) is 5.88. The van der Waals surface area contributed by atoms with Gasteiger partial charge in [0.1, 0.15) is 5.75 Å². The van der Waals surface area contributed by atoms with Crippen LogP contribution in [0.2, 0.25) is 0 Å². The number of methoxy groups -OCH3 is 1. The summed E-state index contributed by atoms with van der Waals surface area (Å²) in [5.74, 6) is 0.478. The van der Waals surface area contributed by atoms with Crippen LogP contribution >= 0.6 is 0 Å². The smallest absolute Gasteiger partial charge is 0.309 e. The van der Waals surface area contributed by atoms with Gasteiger partial charge >= 0.3 is 5.97 Å². The highest BCUT2D eigenvalue weighted by atomic mass is 32.2. The van der Waals surface area contributed by atoms with Crippen molar-refractivity contribution >= 4 is 26.6 Å². The molecule has 7 heteroatoms. The number of piperidine rings is 1. The van der Waals surface area contributed by atoms with E-state index in [1.165, 1.54) is 0 Å². The van der Waals surface area contributed by atoms with Crippen molar-refractivity contribution in [1.29, 1.82) is 0 Å². The van der Waals surface area contributed by atoms with Crippen LogP contribution in [0.15, 0.2) is 70.5 Å². The fourth-order valence-electron chi connectivity index (χ4n) is 4.42. The topological polar surface area (TPSA) is 72.9 Å². The van der Waals surface area contributed by atoms with Gasteiger partial charge in [-0.2, -0.15) is 0 Å².